The van der Waals surface area contributed by atoms with E-state index in [2.05, 4.69) is 26.3 Å². The maximum atomic E-state index is 14.8. The Kier molecular flexibility index (Phi) is 5.59. The van der Waals surface area contributed by atoms with E-state index in [1.54, 1.807) is 37.3 Å². The van der Waals surface area contributed by atoms with Gasteiger partial charge in [0.25, 0.3) is 0 Å². The second kappa shape index (κ2) is 8.38. The summed E-state index contributed by atoms with van der Waals surface area (Å²) in [5.74, 6) is -1.07. The number of halogens is 1. The number of sulfonamides is 1. The first-order valence-corrected chi connectivity index (χ1v) is 11.1. The summed E-state index contributed by atoms with van der Waals surface area (Å²) in [5.41, 5.74) is 7.96. The van der Waals surface area contributed by atoms with Crippen LogP contribution in [0.5, 0.6) is 0 Å². The van der Waals surface area contributed by atoms with E-state index < -0.39 is 15.8 Å². The van der Waals surface area contributed by atoms with Crippen molar-refractivity contribution in [1.82, 2.24) is 25.0 Å². The number of benzene rings is 2. The van der Waals surface area contributed by atoms with E-state index in [0.29, 0.717) is 22.3 Å². The van der Waals surface area contributed by atoms with Gasteiger partial charge in [-0.1, -0.05) is 29.5 Å². The van der Waals surface area contributed by atoms with Crippen molar-refractivity contribution in [2.45, 2.75) is 18.4 Å². The Balaban J connectivity index is 1.71. The zero-order chi connectivity index (χ0) is 23.8. The fraction of sp³-hybridized carbons (Fsp3) is 0.0952. The molecule has 2 aromatic carbocycles. The van der Waals surface area contributed by atoms with Crippen LogP contribution in [0.15, 0.2) is 53.6 Å². The molecule has 0 spiro atoms. The lowest BCUT2D eigenvalue weighted by Crippen LogP contribution is -2.12. The lowest BCUT2D eigenvalue weighted by molar-refractivity contribution is 0.597. The fourth-order valence-electron chi connectivity index (χ4n) is 3.25. The van der Waals surface area contributed by atoms with Crippen molar-refractivity contribution in [3.05, 3.63) is 71.2 Å². The van der Waals surface area contributed by atoms with Crippen LogP contribution in [0.2, 0.25) is 0 Å². The number of anilines is 1. The highest BCUT2D eigenvalue weighted by Crippen LogP contribution is 2.28. The molecule has 4 N–H and O–H groups in total. The number of hydrogen-bond donors (Lipinski definition) is 2. The molecule has 33 heavy (non-hydrogen) atoms. The highest BCUT2D eigenvalue weighted by Gasteiger charge is 2.19. The third-order valence-corrected chi connectivity index (χ3v) is 5.84. The van der Waals surface area contributed by atoms with Crippen molar-refractivity contribution in [1.29, 1.82) is 5.26 Å². The summed E-state index contributed by atoms with van der Waals surface area (Å²) in [6, 6.07) is 13.2. The summed E-state index contributed by atoms with van der Waals surface area (Å²) >= 11 is 0. The van der Waals surface area contributed by atoms with Gasteiger partial charge < -0.3 is 5.73 Å². The predicted octanol–water partition coefficient (Wildman–Crippen LogP) is 2.00. The van der Waals surface area contributed by atoms with Crippen LogP contribution < -0.4 is 10.9 Å². The molecule has 0 amide bonds. The number of nitrogen functional groups attached to an aromatic ring is 1. The number of hydrogen-bond acceptors (Lipinski definition) is 8. The van der Waals surface area contributed by atoms with Gasteiger partial charge in [0.2, 0.25) is 10.0 Å². The monoisotopic (exact) mass is 464 g/mol. The summed E-state index contributed by atoms with van der Waals surface area (Å²) in [4.78, 5) is 8.29. The molecule has 0 atom stereocenters. The van der Waals surface area contributed by atoms with Crippen molar-refractivity contribution < 1.29 is 12.8 Å². The van der Waals surface area contributed by atoms with Gasteiger partial charge in [-0.15, -0.1) is 5.10 Å². The van der Waals surface area contributed by atoms with Crippen LogP contribution in [0.1, 0.15) is 16.7 Å². The fourth-order valence-corrected chi connectivity index (χ4v) is 3.83. The topological polar surface area (TPSA) is 166 Å². The van der Waals surface area contributed by atoms with Gasteiger partial charge >= 0.3 is 0 Å². The first kappa shape index (κ1) is 22.0. The third kappa shape index (κ3) is 4.40. The molecule has 2 aromatic heterocycles. The number of primary sulfonamides is 1. The minimum atomic E-state index is -3.85. The van der Waals surface area contributed by atoms with Crippen molar-refractivity contribution in [2.75, 3.05) is 5.73 Å². The normalized spacial score (nSPS) is 11.3. The molecular formula is C21H17FN8O2S. The van der Waals surface area contributed by atoms with Gasteiger partial charge in [-0.2, -0.15) is 5.26 Å². The van der Waals surface area contributed by atoms with E-state index in [9.17, 15) is 18.1 Å². The molecule has 0 aliphatic carbocycles. The van der Waals surface area contributed by atoms with Crippen LogP contribution in [0, 0.1) is 24.1 Å². The summed E-state index contributed by atoms with van der Waals surface area (Å²) in [6.07, 6.45) is 1.46. The van der Waals surface area contributed by atoms with E-state index in [4.69, 9.17) is 10.9 Å². The van der Waals surface area contributed by atoms with Crippen LogP contribution in [0.3, 0.4) is 0 Å². The second-order valence-electron chi connectivity index (χ2n) is 7.18. The van der Waals surface area contributed by atoms with E-state index >= 15 is 0 Å². The molecule has 0 aliphatic heterocycles. The summed E-state index contributed by atoms with van der Waals surface area (Å²) < 4.78 is 39.3. The lowest BCUT2D eigenvalue weighted by atomic mass is 10.0. The zero-order valence-electron chi connectivity index (χ0n) is 17.3. The minimum absolute atomic E-state index is 0.0328. The van der Waals surface area contributed by atoms with Crippen molar-refractivity contribution in [3.63, 3.8) is 0 Å². The number of nitrogens with two attached hydrogens (primary N) is 2. The molecular weight excluding hydrogens is 447 g/mol. The molecule has 166 valence electrons. The number of rotatable bonds is 5. The first-order valence-electron chi connectivity index (χ1n) is 9.52. The van der Waals surface area contributed by atoms with Gasteiger partial charge in [0.15, 0.2) is 17.5 Å². The van der Waals surface area contributed by atoms with Gasteiger partial charge in [0.05, 0.1) is 29.3 Å². The molecule has 2 heterocycles. The Bertz CT molecular complexity index is 1530. The van der Waals surface area contributed by atoms with Crippen LogP contribution in [-0.2, 0) is 16.6 Å². The molecule has 0 radical (unpaired) electrons. The van der Waals surface area contributed by atoms with Crippen LogP contribution in [-0.4, -0.2) is 33.4 Å². The third-order valence-electron chi connectivity index (χ3n) is 4.92. The molecule has 0 aliphatic rings. The first-order chi connectivity index (χ1) is 15.7. The number of nitrogens with zero attached hydrogens (tertiary/aromatic N) is 6. The Hall–Kier alpha value is -4.21. The minimum Gasteiger partial charge on any atom is -0.381 e. The van der Waals surface area contributed by atoms with Gasteiger partial charge in [-0.25, -0.2) is 32.6 Å². The maximum absolute atomic E-state index is 14.8. The average molecular weight is 464 g/mol. The Morgan fingerprint density at radius 2 is 1.94 bits per heavy atom. The molecule has 0 unspecified atom stereocenters. The summed E-state index contributed by atoms with van der Waals surface area (Å²) in [5, 5.41) is 22.4. The van der Waals surface area contributed by atoms with E-state index in [1.165, 1.54) is 23.0 Å². The highest BCUT2D eigenvalue weighted by molar-refractivity contribution is 7.89. The van der Waals surface area contributed by atoms with Crippen LogP contribution in [0.25, 0.3) is 22.8 Å². The zero-order valence-corrected chi connectivity index (χ0v) is 18.1. The van der Waals surface area contributed by atoms with E-state index in [-0.39, 0.29) is 34.5 Å². The predicted molar refractivity (Wildman–Crippen MR) is 117 cm³/mol. The second-order valence-corrected chi connectivity index (χ2v) is 8.74. The molecule has 4 rings (SSSR count). The molecule has 10 nitrogen and oxygen atoms in total. The molecule has 0 bridgehead atoms. The Morgan fingerprint density at radius 1 is 1.18 bits per heavy atom. The smallest absolute Gasteiger partial charge is 0.238 e. The van der Waals surface area contributed by atoms with Crippen LogP contribution >= 0.6 is 0 Å². The quantitative estimate of drug-likeness (QED) is 0.452. The summed E-state index contributed by atoms with van der Waals surface area (Å²) in [6.45, 7) is 1.90. The SMILES string of the molecule is Cc1c(C#N)cccc1-c1nc(N)c(F)c(-c2cn(Cc3cccc(S(N)(=O)=O)c3)nn2)n1. The number of aromatic nitrogens is 5. The van der Waals surface area contributed by atoms with Crippen molar-refractivity contribution in [2.24, 2.45) is 5.14 Å². The maximum Gasteiger partial charge on any atom is 0.238 e. The standard InChI is InChI=1S/C21H17FN8O2S/c1-12-14(9-23)5-3-7-16(12)21-26-19(18(22)20(24)27-21)17-11-30(29-28-17)10-13-4-2-6-15(8-13)33(25,31)32/h2-8,11H,10H2,1H3,(H2,24,26,27)(H2,25,31,32). The van der Waals surface area contributed by atoms with E-state index in [1.807, 2.05) is 0 Å². The largest absolute Gasteiger partial charge is 0.381 e. The molecule has 12 heteroatoms. The van der Waals surface area contributed by atoms with Gasteiger partial charge in [-0.05, 0) is 36.2 Å². The van der Waals surface area contributed by atoms with Crippen LogP contribution in [0.4, 0.5) is 10.2 Å². The molecule has 0 fully saturated rings. The van der Waals surface area contributed by atoms with Gasteiger partial charge in [-0.3, -0.25) is 0 Å². The number of nitriles is 1. The Morgan fingerprint density at radius 3 is 2.67 bits per heavy atom. The van der Waals surface area contributed by atoms with Crippen molar-refractivity contribution in [3.8, 4) is 28.8 Å². The lowest BCUT2D eigenvalue weighted by Gasteiger charge is -2.09. The average Bonchev–Trinajstić information content (AvgIpc) is 3.23. The van der Waals surface area contributed by atoms with Gasteiger partial charge in [0, 0.05) is 5.56 Å². The van der Waals surface area contributed by atoms with Gasteiger partial charge in [0.1, 0.15) is 11.4 Å². The molecule has 0 saturated carbocycles. The highest BCUT2D eigenvalue weighted by atomic mass is 32.2. The molecule has 4 aromatic rings. The molecule has 0 saturated heterocycles. The summed E-state index contributed by atoms with van der Waals surface area (Å²) in [7, 11) is -3.85. The van der Waals surface area contributed by atoms with Crippen molar-refractivity contribution >= 4 is 15.8 Å². The van der Waals surface area contributed by atoms with E-state index in [0.717, 1.165) is 0 Å². The Labute approximate surface area is 188 Å².